The summed E-state index contributed by atoms with van der Waals surface area (Å²) in [6.45, 7) is 18.9. The average Bonchev–Trinajstić information content (AvgIpc) is 2.34. The normalized spacial score (nSPS) is 22.1. The lowest BCUT2D eigenvalue weighted by Gasteiger charge is -2.36. The molecule has 1 rings (SSSR count). The van der Waals surface area contributed by atoms with Gasteiger partial charge in [0.15, 0.2) is 0 Å². The van der Waals surface area contributed by atoms with E-state index >= 15 is 0 Å². The van der Waals surface area contributed by atoms with Crippen LogP contribution < -0.4 is 5.32 Å². The van der Waals surface area contributed by atoms with Crippen molar-refractivity contribution < 1.29 is 4.74 Å². The highest BCUT2D eigenvalue weighted by molar-refractivity contribution is 4.77. The van der Waals surface area contributed by atoms with Crippen molar-refractivity contribution in [1.29, 1.82) is 0 Å². The first kappa shape index (κ1) is 16.9. The van der Waals surface area contributed by atoms with Crippen LogP contribution in [-0.2, 0) is 4.74 Å². The second-order valence-electron chi connectivity index (χ2n) is 6.89. The number of hydrogen-bond acceptors (Lipinski definition) is 3. The molecular weight excluding hydrogens is 236 g/mol. The highest BCUT2D eigenvalue weighted by Gasteiger charge is 2.23. The minimum atomic E-state index is 0.358. The first-order valence-electron chi connectivity index (χ1n) is 7.98. The number of rotatable bonds is 7. The van der Waals surface area contributed by atoms with Gasteiger partial charge in [0.1, 0.15) is 0 Å². The molecule has 1 aliphatic heterocycles. The standard InChI is InChI=1S/C16H34N2O/c1-12(2)16(13(3)4)10-17-9-15-11-18(14(5)6)7-8-19-15/h12-17H,7-11H2,1-6H3. The smallest absolute Gasteiger partial charge is 0.0826 e. The van der Waals surface area contributed by atoms with E-state index in [1.807, 2.05) is 0 Å². The molecule has 3 nitrogen and oxygen atoms in total. The van der Waals surface area contributed by atoms with E-state index in [0.717, 1.165) is 50.5 Å². The predicted molar refractivity (Wildman–Crippen MR) is 82.5 cm³/mol. The van der Waals surface area contributed by atoms with Crippen LogP contribution in [0.1, 0.15) is 41.5 Å². The second-order valence-corrected chi connectivity index (χ2v) is 6.89. The molecule has 1 atom stereocenters. The zero-order valence-electron chi connectivity index (χ0n) is 13.8. The van der Waals surface area contributed by atoms with Gasteiger partial charge in [-0.05, 0) is 38.1 Å². The van der Waals surface area contributed by atoms with Crippen molar-refractivity contribution in [2.24, 2.45) is 17.8 Å². The molecule has 0 aromatic heterocycles. The molecule has 0 aromatic carbocycles. The van der Waals surface area contributed by atoms with E-state index in [-0.39, 0.29) is 0 Å². The minimum absolute atomic E-state index is 0.358. The van der Waals surface area contributed by atoms with Crippen LogP contribution in [0, 0.1) is 17.8 Å². The molecule has 1 fully saturated rings. The van der Waals surface area contributed by atoms with Crippen molar-refractivity contribution in [3.8, 4) is 0 Å². The van der Waals surface area contributed by atoms with Crippen LogP contribution in [0.25, 0.3) is 0 Å². The van der Waals surface area contributed by atoms with Crippen LogP contribution in [0.4, 0.5) is 0 Å². The van der Waals surface area contributed by atoms with E-state index in [2.05, 4.69) is 51.8 Å². The number of morpholine rings is 1. The number of nitrogens with one attached hydrogen (secondary N) is 1. The molecule has 114 valence electrons. The fraction of sp³-hybridized carbons (Fsp3) is 1.00. The summed E-state index contributed by atoms with van der Waals surface area (Å²) in [6, 6.07) is 0.630. The van der Waals surface area contributed by atoms with E-state index in [1.165, 1.54) is 0 Å². The third-order valence-electron chi connectivity index (χ3n) is 4.37. The molecule has 1 N–H and O–H groups in total. The summed E-state index contributed by atoms with van der Waals surface area (Å²) in [4.78, 5) is 2.51. The number of ether oxygens (including phenoxy) is 1. The Kier molecular flexibility index (Phi) is 7.33. The van der Waals surface area contributed by atoms with Gasteiger partial charge in [-0.15, -0.1) is 0 Å². The van der Waals surface area contributed by atoms with Gasteiger partial charge in [0, 0.05) is 25.7 Å². The molecule has 0 aromatic rings. The van der Waals surface area contributed by atoms with Crippen molar-refractivity contribution >= 4 is 0 Å². The van der Waals surface area contributed by atoms with E-state index in [0.29, 0.717) is 12.1 Å². The Labute approximate surface area is 120 Å². The Hall–Kier alpha value is -0.120. The third kappa shape index (κ3) is 5.80. The maximum atomic E-state index is 5.86. The van der Waals surface area contributed by atoms with Crippen LogP contribution in [0.2, 0.25) is 0 Å². The summed E-state index contributed by atoms with van der Waals surface area (Å²) in [5, 5.41) is 3.63. The molecule has 1 unspecified atom stereocenters. The van der Waals surface area contributed by atoms with Gasteiger partial charge in [-0.2, -0.15) is 0 Å². The summed E-state index contributed by atoms with van der Waals surface area (Å²) in [5.74, 6) is 2.24. The highest BCUT2D eigenvalue weighted by atomic mass is 16.5. The lowest BCUT2D eigenvalue weighted by atomic mass is 9.85. The Morgan fingerprint density at radius 2 is 1.74 bits per heavy atom. The van der Waals surface area contributed by atoms with Crippen LogP contribution >= 0.6 is 0 Å². The molecule has 19 heavy (non-hydrogen) atoms. The molecule has 0 bridgehead atoms. The molecule has 0 saturated carbocycles. The quantitative estimate of drug-likeness (QED) is 0.769. The van der Waals surface area contributed by atoms with Crippen LogP contribution in [0.15, 0.2) is 0 Å². The molecule has 0 radical (unpaired) electrons. The average molecular weight is 270 g/mol. The zero-order chi connectivity index (χ0) is 14.4. The van der Waals surface area contributed by atoms with Crippen molar-refractivity contribution in [1.82, 2.24) is 10.2 Å². The van der Waals surface area contributed by atoms with Crippen LogP contribution in [-0.4, -0.2) is 49.8 Å². The Morgan fingerprint density at radius 1 is 1.11 bits per heavy atom. The molecule has 1 heterocycles. The summed E-state index contributed by atoms with van der Waals surface area (Å²) >= 11 is 0. The zero-order valence-corrected chi connectivity index (χ0v) is 13.8. The van der Waals surface area contributed by atoms with Crippen LogP contribution in [0.3, 0.4) is 0 Å². The first-order valence-corrected chi connectivity index (χ1v) is 7.98. The second kappa shape index (κ2) is 8.23. The topological polar surface area (TPSA) is 24.5 Å². The van der Waals surface area contributed by atoms with E-state index in [1.54, 1.807) is 0 Å². The highest BCUT2D eigenvalue weighted by Crippen LogP contribution is 2.19. The fourth-order valence-electron chi connectivity index (χ4n) is 2.99. The number of hydrogen-bond donors (Lipinski definition) is 1. The van der Waals surface area contributed by atoms with Crippen molar-refractivity contribution in [3.05, 3.63) is 0 Å². The SMILES string of the molecule is CC(C)C(CNCC1CN(C(C)C)CCO1)C(C)C. The van der Waals surface area contributed by atoms with Gasteiger partial charge in [0.05, 0.1) is 12.7 Å². The molecule has 3 heteroatoms. The van der Waals surface area contributed by atoms with Gasteiger partial charge < -0.3 is 10.1 Å². The molecule has 0 aliphatic carbocycles. The first-order chi connectivity index (χ1) is 8.91. The van der Waals surface area contributed by atoms with E-state index in [9.17, 15) is 0 Å². The number of nitrogens with zero attached hydrogens (tertiary/aromatic N) is 1. The molecule has 1 saturated heterocycles. The molecule has 1 aliphatic rings. The Balaban J connectivity index is 2.28. The Bertz CT molecular complexity index is 233. The van der Waals surface area contributed by atoms with Gasteiger partial charge in [-0.25, -0.2) is 0 Å². The molecular formula is C16H34N2O. The minimum Gasteiger partial charge on any atom is -0.374 e. The monoisotopic (exact) mass is 270 g/mol. The maximum absolute atomic E-state index is 5.86. The summed E-state index contributed by atoms with van der Waals surface area (Å²) in [7, 11) is 0. The van der Waals surface area contributed by atoms with Crippen molar-refractivity contribution in [3.63, 3.8) is 0 Å². The summed E-state index contributed by atoms with van der Waals surface area (Å²) < 4.78 is 5.86. The summed E-state index contributed by atoms with van der Waals surface area (Å²) in [6.07, 6.45) is 0.358. The molecule has 0 spiro atoms. The predicted octanol–water partition coefficient (Wildman–Crippen LogP) is 2.61. The lowest BCUT2D eigenvalue weighted by molar-refractivity contribution is -0.0377. The molecule has 0 amide bonds. The van der Waals surface area contributed by atoms with Crippen molar-refractivity contribution in [2.75, 3.05) is 32.8 Å². The van der Waals surface area contributed by atoms with Gasteiger partial charge in [0.25, 0.3) is 0 Å². The Morgan fingerprint density at radius 3 is 2.26 bits per heavy atom. The van der Waals surface area contributed by atoms with E-state index in [4.69, 9.17) is 4.74 Å². The van der Waals surface area contributed by atoms with Gasteiger partial charge >= 0.3 is 0 Å². The van der Waals surface area contributed by atoms with E-state index < -0.39 is 0 Å². The van der Waals surface area contributed by atoms with Crippen LogP contribution in [0.5, 0.6) is 0 Å². The van der Waals surface area contributed by atoms with Gasteiger partial charge in [-0.1, -0.05) is 27.7 Å². The lowest BCUT2D eigenvalue weighted by Crippen LogP contribution is -2.49. The largest absolute Gasteiger partial charge is 0.374 e. The summed E-state index contributed by atoms with van der Waals surface area (Å²) in [5.41, 5.74) is 0. The van der Waals surface area contributed by atoms with Crippen molar-refractivity contribution in [2.45, 2.75) is 53.7 Å². The maximum Gasteiger partial charge on any atom is 0.0826 e. The van der Waals surface area contributed by atoms with Gasteiger partial charge in [-0.3, -0.25) is 4.90 Å². The fourth-order valence-corrected chi connectivity index (χ4v) is 2.99. The van der Waals surface area contributed by atoms with Gasteiger partial charge in [0.2, 0.25) is 0 Å². The third-order valence-corrected chi connectivity index (χ3v) is 4.37.